The van der Waals surface area contributed by atoms with Gasteiger partial charge in [-0.15, -0.1) is 58.3 Å². The Morgan fingerprint density at radius 1 is 0.846 bits per heavy atom. The maximum Gasteiger partial charge on any atom is 3.00 e. The Labute approximate surface area is 245 Å². The van der Waals surface area contributed by atoms with E-state index in [9.17, 15) is 0 Å². The van der Waals surface area contributed by atoms with Gasteiger partial charge < -0.3 is 14.8 Å². The van der Waals surface area contributed by atoms with Gasteiger partial charge in [-0.3, -0.25) is 0 Å². The molecular formula is C35H32IrN3. The largest absolute Gasteiger partial charge is 3.00 e. The molecular weight excluding hydrogens is 655 g/mol. The van der Waals surface area contributed by atoms with Gasteiger partial charge in [-0.2, -0.15) is 18.8 Å². The summed E-state index contributed by atoms with van der Waals surface area (Å²) in [7, 11) is 0. The SMILES string of the molecule is CC1(C)c2cccc3c2N([CH-]N3C(C)(C)C)c2[c-]cc3ccccc3c21.[Ir+3].[c-]1ccccc1-c1ccccn1. The van der Waals surface area contributed by atoms with Crippen LogP contribution in [0.5, 0.6) is 0 Å². The first-order valence-electron chi connectivity index (χ1n) is 13.2. The fourth-order valence-corrected chi connectivity index (χ4v) is 5.65. The molecule has 1 aromatic heterocycles. The molecule has 4 aromatic carbocycles. The molecule has 0 saturated heterocycles. The average Bonchev–Trinajstić information content (AvgIpc) is 3.34. The summed E-state index contributed by atoms with van der Waals surface area (Å²) in [5.74, 6) is 0. The first kappa shape index (κ1) is 27.1. The van der Waals surface area contributed by atoms with Gasteiger partial charge in [-0.1, -0.05) is 62.0 Å². The Morgan fingerprint density at radius 2 is 1.62 bits per heavy atom. The fourth-order valence-electron chi connectivity index (χ4n) is 5.65. The Kier molecular flexibility index (Phi) is 7.13. The third-order valence-corrected chi connectivity index (χ3v) is 7.49. The zero-order valence-electron chi connectivity index (χ0n) is 23.0. The van der Waals surface area contributed by atoms with Gasteiger partial charge in [0.05, 0.1) is 0 Å². The number of nitrogens with zero attached hydrogens (tertiary/aromatic N) is 3. The van der Waals surface area contributed by atoms with E-state index in [1.54, 1.807) is 6.20 Å². The van der Waals surface area contributed by atoms with Crippen molar-refractivity contribution in [1.29, 1.82) is 0 Å². The number of anilines is 3. The molecule has 0 unspecified atom stereocenters. The smallest absolute Gasteiger partial charge is 0.497 e. The first-order chi connectivity index (χ1) is 18.3. The van der Waals surface area contributed by atoms with Gasteiger partial charge in [0.2, 0.25) is 0 Å². The molecule has 4 heteroatoms. The number of para-hydroxylation sites is 1. The number of hydrogen-bond donors (Lipinski definition) is 0. The van der Waals surface area contributed by atoms with Crippen molar-refractivity contribution in [3.63, 3.8) is 0 Å². The molecule has 0 saturated carbocycles. The van der Waals surface area contributed by atoms with Gasteiger partial charge in [-0.25, -0.2) is 0 Å². The third kappa shape index (κ3) is 4.67. The average molecular weight is 687 g/mol. The molecule has 0 aliphatic carbocycles. The van der Waals surface area contributed by atoms with Crippen LogP contribution in [0.25, 0.3) is 22.0 Å². The van der Waals surface area contributed by atoms with Crippen molar-refractivity contribution < 1.29 is 20.1 Å². The van der Waals surface area contributed by atoms with E-state index in [0.717, 1.165) is 11.3 Å². The van der Waals surface area contributed by atoms with Crippen molar-refractivity contribution >= 4 is 27.8 Å². The summed E-state index contributed by atoms with van der Waals surface area (Å²) in [5, 5.41) is 2.58. The van der Waals surface area contributed by atoms with Crippen LogP contribution in [-0.4, -0.2) is 10.5 Å². The molecule has 0 amide bonds. The van der Waals surface area contributed by atoms with E-state index >= 15 is 0 Å². The Morgan fingerprint density at radius 3 is 2.33 bits per heavy atom. The van der Waals surface area contributed by atoms with Crippen LogP contribution in [-0.2, 0) is 25.5 Å². The zero-order valence-corrected chi connectivity index (χ0v) is 25.4. The molecule has 39 heavy (non-hydrogen) atoms. The number of aromatic nitrogens is 1. The maximum atomic E-state index is 4.22. The molecule has 0 spiro atoms. The standard InChI is InChI=1S/C24H24N2.C11H8N.Ir/c1-23(2,3)26-15-25-19-14-13-16-9-6-7-10-17(16)21(19)24(4,5)18-11-8-12-20(26)22(18)25;1-2-6-10(7-3-1)11-8-4-5-9-12-11;/h6-13,15H,1-5H3;1-6,8-9H;/q-2;-1;+3. The van der Waals surface area contributed by atoms with E-state index in [1.807, 2.05) is 42.5 Å². The number of hydrogen-bond acceptors (Lipinski definition) is 3. The van der Waals surface area contributed by atoms with Gasteiger partial charge in [0.25, 0.3) is 0 Å². The van der Waals surface area contributed by atoms with E-state index in [2.05, 4.69) is 117 Å². The van der Waals surface area contributed by atoms with Gasteiger partial charge >= 0.3 is 20.1 Å². The van der Waals surface area contributed by atoms with Gasteiger partial charge in [0.1, 0.15) is 0 Å². The van der Waals surface area contributed by atoms with Crippen molar-refractivity contribution in [2.24, 2.45) is 0 Å². The number of fused-ring (bicyclic) bond motifs is 4. The molecule has 7 rings (SSSR count). The predicted octanol–water partition coefficient (Wildman–Crippen LogP) is 8.70. The topological polar surface area (TPSA) is 19.4 Å². The Hall–Kier alpha value is -3.46. The molecule has 0 bridgehead atoms. The summed E-state index contributed by atoms with van der Waals surface area (Å²) < 4.78 is 0. The summed E-state index contributed by atoms with van der Waals surface area (Å²) in [6.07, 6.45) is 1.79. The molecule has 3 nitrogen and oxygen atoms in total. The molecule has 2 aliphatic heterocycles. The summed E-state index contributed by atoms with van der Waals surface area (Å²) in [6, 6.07) is 38.0. The van der Waals surface area contributed by atoms with Crippen LogP contribution in [0.2, 0.25) is 0 Å². The quantitative estimate of drug-likeness (QED) is 0.165. The van der Waals surface area contributed by atoms with E-state index in [1.165, 1.54) is 39.0 Å². The van der Waals surface area contributed by atoms with Crippen molar-refractivity contribution in [1.82, 2.24) is 4.98 Å². The minimum atomic E-state index is -0.0731. The van der Waals surface area contributed by atoms with E-state index < -0.39 is 0 Å². The summed E-state index contributed by atoms with van der Waals surface area (Å²) >= 11 is 0. The minimum absolute atomic E-state index is 0. The normalized spacial score (nSPS) is 14.6. The Bertz CT molecular complexity index is 1570. The Balaban J connectivity index is 0.000000200. The molecule has 0 fully saturated rings. The maximum absolute atomic E-state index is 4.22. The van der Waals surface area contributed by atoms with Crippen LogP contribution >= 0.6 is 0 Å². The number of pyridine rings is 1. The van der Waals surface area contributed by atoms with Crippen LogP contribution in [0.1, 0.15) is 45.7 Å². The predicted molar refractivity (Wildman–Crippen MR) is 159 cm³/mol. The van der Waals surface area contributed by atoms with Gasteiger partial charge in [-0.05, 0) is 49.6 Å². The molecule has 196 valence electrons. The van der Waals surface area contributed by atoms with Crippen LogP contribution in [0, 0.1) is 18.8 Å². The second-order valence-electron chi connectivity index (χ2n) is 11.4. The van der Waals surface area contributed by atoms with Gasteiger partial charge in [0.15, 0.2) is 0 Å². The molecule has 0 radical (unpaired) electrons. The van der Waals surface area contributed by atoms with Crippen molar-refractivity contribution in [2.75, 3.05) is 9.80 Å². The molecule has 0 atom stereocenters. The monoisotopic (exact) mass is 687 g/mol. The van der Waals surface area contributed by atoms with E-state index in [4.69, 9.17) is 0 Å². The second-order valence-corrected chi connectivity index (χ2v) is 11.4. The number of benzene rings is 4. The van der Waals surface area contributed by atoms with Crippen LogP contribution in [0.3, 0.4) is 0 Å². The third-order valence-electron chi connectivity index (χ3n) is 7.49. The first-order valence-corrected chi connectivity index (χ1v) is 13.2. The summed E-state index contributed by atoms with van der Waals surface area (Å²) in [5.41, 5.74) is 8.49. The molecule has 2 aliphatic rings. The van der Waals surface area contributed by atoms with Gasteiger partial charge in [0, 0.05) is 23.1 Å². The fraction of sp³-hybridized carbons (Fsp3) is 0.200. The summed E-state index contributed by atoms with van der Waals surface area (Å²) in [4.78, 5) is 8.96. The molecule has 3 heterocycles. The minimum Gasteiger partial charge on any atom is -0.497 e. The second kappa shape index (κ2) is 10.3. The van der Waals surface area contributed by atoms with Crippen LogP contribution in [0.4, 0.5) is 17.1 Å². The van der Waals surface area contributed by atoms with Crippen molar-refractivity contribution in [3.05, 3.63) is 127 Å². The summed E-state index contributed by atoms with van der Waals surface area (Å²) in [6.45, 7) is 13.7. The molecule has 5 aromatic rings. The van der Waals surface area contributed by atoms with E-state index in [-0.39, 0.29) is 31.1 Å². The van der Waals surface area contributed by atoms with Crippen LogP contribution in [0.15, 0.2) is 97.2 Å². The molecule has 0 N–H and O–H groups in total. The zero-order chi connectivity index (χ0) is 26.5. The van der Waals surface area contributed by atoms with Crippen molar-refractivity contribution in [3.8, 4) is 11.3 Å². The number of rotatable bonds is 1. The van der Waals surface area contributed by atoms with Crippen LogP contribution < -0.4 is 9.80 Å². The van der Waals surface area contributed by atoms with E-state index in [0.29, 0.717) is 0 Å². The van der Waals surface area contributed by atoms with Crippen molar-refractivity contribution in [2.45, 2.75) is 45.6 Å².